The van der Waals surface area contributed by atoms with Crippen LogP contribution in [0.4, 0.5) is 29.6 Å². The third-order valence-electron chi connectivity index (χ3n) is 6.42. The summed E-state index contributed by atoms with van der Waals surface area (Å²) in [5.74, 6) is -2.54. The molecule has 10 nitrogen and oxygen atoms in total. The summed E-state index contributed by atoms with van der Waals surface area (Å²) in [4.78, 5) is 47.0. The number of nitrogens with one attached hydrogen (secondary N) is 2. The third-order valence-corrected chi connectivity index (χ3v) is 6.42. The van der Waals surface area contributed by atoms with Crippen LogP contribution in [0.5, 0.6) is 0 Å². The van der Waals surface area contributed by atoms with Crippen molar-refractivity contribution in [2.75, 3.05) is 10.6 Å². The van der Waals surface area contributed by atoms with E-state index < -0.39 is 24.3 Å². The molecule has 2 atom stereocenters. The smallest absolute Gasteiger partial charge is 0.475 e. The Labute approximate surface area is 258 Å². The van der Waals surface area contributed by atoms with Crippen molar-refractivity contribution < 1.29 is 42.8 Å². The second-order valence-electron chi connectivity index (χ2n) is 9.93. The second kappa shape index (κ2) is 17.4. The highest BCUT2D eigenvalue weighted by Crippen LogP contribution is 2.22. The lowest BCUT2D eigenvalue weighted by molar-refractivity contribution is -0.278. The molecule has 0 aliphatic carbocycles. The maximum atomic E-state index is 12.7. The lowest BCUT2D eigenvalue weighted by atomic mass is 9.96. The fourth-order valence-corrected chi connectivity index (χ4v) is 4.03. The molecule has 1 heterocycles. The highest BCUT2D eigenvalue weighted by molar-refractivity contribution is 5.99. The number of aliphatic carboxylic acids is 1. The van der Waals surface area contributed by atoms with E-state index in [2.05, 4.69) is 32.1 Å². The SMILES string of the molecule is C=CC(/C=C\C)CCC(CC(=O)c1ccc(-c2cnc(NC(=O)Nc3ccc(C)cc3C)nc2)cc1)OO.O=C(O)C(F)(F)F. The zero-order chi connectivity index (χ0) is 33.6. The molecule has 0 saturated carbocycles. The van der Waals surface area contributed by atoms with E-state index in [9.17, 15) is 28.0 Å². The van der Waals surface area contributed by atoms with Crippen molar-refractivity contribution >= 4 is 29.4 Å². The van der Waals surface area contributed by atoms with Gasteiger partial charge in [0, 0.05) is 35.6 Å². The predicted molar refractivity (Wildman–Crippen MR) is 164 cm³/mol. The molecule has 240 valence electrons. The highest BCUT2D eigenvalue weighted by atomic mass is 19.4. The molecule has 3 aromatic rings. The van der Waals surface area contributed by atoms with Crippen molar-refractivity contribution in [2.24, 2.45) is 5.92 Å². The molecular formula is C32H35F3N4O6. The van der Waals surface area contributed by atoms with Gasteiger partial charge >= 0.3 is 18.2 Å². The van der Waals surface area contributed by atoms with E-state index in [0.29, 0.717) is 17.7 Å². The van der Waals surface area contributed by atoms with Crippen LogP contribution in [-0.4, -0.2) is 50.4 Å². The van der Waals surface area contributed by atoms with Crippen molar-refractivity contribution in [3.8, 4) is 11.1 Å². The van der Waals surface area contributed by atoms with Crippen LogP contribution in [0.25, 0.3) is 11.1 Å². The minimum Gasteiger partial charge on any atom is -0.475 e. The number of hydrogen-bond donors (Lipinski definition) is 4. The van der Waals surface area contributed by atoms with Crippen molar-refractivity contribution in [3.63, 3.8) is 0 Å². The number of carbonyl (C=O) groups excluding carboxylic acids is 2. The van der Waals surface area contributed by atoms with E-state index in [-0.39, 0.29) is 24.1 Å². The minimum atomic E-state index is -5.08. The number of Topliss-reactive ketones (excluding diaryl/α,β-unsaturated/α-hetero) is 1. The number of carbonyl (C=O) groups is 3. The van der Waals surface area contributed by atoms with Gasteiger partial charge in [-0.3, -0.25) is 15.4 Å². The first-order valence-corrected chi connectivity index (χ1v) is 13.7. The number of anilines is 2. The van der Waals surface area contributed by atoms with Crippen LogP contribution in [0.2, 0.25) is 0 Å². The van der Waals surface area contributed by atoms with Gasteiger partial charge in [0.25, 0.3) is 0 Å². The van der Waals surface area contributed by atoms with Gasteiger partial charge < -0.3 is 10.4 Å². The Hall–Kier alpha value is -4.88. The van der Waals surface area contributed by atoms with E-state index in [1.165, 1.54) is 0 Å². The number of aromatic nitrogens is 2. The molecule has 0 aliphatic heterocycles. The van der Waals surface area contributed by atoms with Gasteiger partial charge in [0.2, 0.25) is 5.95 Å². The molecule has 45 heavy (non-hydrogen) atoms. The summed E-state index contributed by atoms with van der Waals surface area (Å²) in [6, 6.07) is 12.4. The van der Waals surface area contributed by atoms with E-state index in [4.69, 9.17) is 9.90 Å². The molecule has 0 saturated heterocycles. The topological polar surface area (TPSA) is 151 Å². The maximum Gasteiger partial charge on any atom is 0.490 e. The Morgan fingerprint density at radius 2 is 1.62 bits per heavy atom. The number of carboxylic acids is 1. The monoisotopic (exact) mass is 628 g/mol. The van der Waals surface area contributed by atoms with Gasteiger partial charge in [-0.15, -0.1) is 6.58 Å². The molecule has 0 aliphatic rings. The fourth-order valence-electron chi connectivity index (χ4n) is 4.03. The number of allylic oxidation sites excluding steroid dienone is 3. The number of hydrogen-bond acceptors (Lipinski definition) is 7. The number of amides is 2. The number of carboxylic acid groups (broad SMARTS) is 1. The van der Waals surface area contributed by atoms with Crippen LogP contribution in [0.1, 0.15) is 47.7 Å². The van der Waals surface area contributed by atoms with Gasteiger partial charge in [0.05, 0.1) is 6.10 Å². The Morgan fingerprint density at radius 1 is 1.00 bits per heavy atom. The van der Waals surface area contributed by atoms with E-state index in [1.807, 2.05) is 57.2 Å². The second-order valence-corrected chi connectivity index (χ2v) is 9.93. The van der Waals surface area contributed by atoms with Gasteiger partial charge in [-0.1, -0.05) is 60.2 Å². The molecule has 0 fully saturated rings. The highest BCUT2D eigenvalue weighted by Gasteiger charge is 2.38. The molecule has 1 aromatic heterocycles. The molecule has 13 heteroatoms. The molecule has 4 N–H and O–H groups in total. The first-order chi connectivity index (χ1) is 21.3. The lowest BCUT2D eigenvalue weighted by Gasteiger charge is -2.15. The van der Waals surface area contributed by atoms with Gasteiger partial charge in [-0.25, -0.2) is 24.4 Å². The van der Waals surface area contributed by atoms with Gasteiger partial charge in [-0.05, 0) is 56.7 Å². The molecule has 3 rings (SSSR count). The number of ketones is 1. The Balaban J connectivity index is 0.000000900. The summed E-state index contributed by atoms with van der Waals surface area (Å²) < 4.78 is 31.7. The Morgan fingerprint density at radius 3 is 2.13 bits per heavy atom. The van der Waals surface area contributed by atoms with Crippen LogP contribution in [0, 0.1) is 19.8 Å². The van der Waals surface area contributed by atoms with Crippen molar-refractivity contribution in [1.29, 1.82) is 0 Å². The molecule has 0 spiro atoms. The maximum absolute atomic E-state index is 12.7. The number of aryl methyl sites for hydroxylation is 2. The summed E-state index contributed by atoms with van der Waals surface area (Å²) in [6.07, 6.45) is 4.68. The van der Waals surface area contributed by atoms with Crippen molar-refractivity contribution in [2.45, 2.75) is 52.3 Å². The summed E-state index contributed by atoms with van der Waals surface area (Å²) >= 11 is 0. The van der Waals surface area contributed by atoms with Crippen molar-refractivity contribution in [3.05, 3.63) is 96.4 Å². The Kier molecular flexibility index (Phi) is 14.1. The van der Waals surface area contributed by atoms with Gasteiger partial charge in [0.1, 0.15) is 0 Å². The number of nitrogens with zero attached hydrogens (tertiary/aromatic N) is 2. The largest absolute Gasteiger partial charge is 0.490 e. The van der Waals surface area contributed by atoms with Crippen LogP contribution in [0.3, 0.4) is 0 Å². The van der Waals surface area contributed by atoms with Crippen molar-refractivity contribution in [1.82, 2.24) is 9.97 Å². The summed E-state index contributed by atoms with van der Waals surface area (Å²) in [5, 5.41) is 21.8. The fraction of sp³-hybridized carbons (Fsp3) is 0.281. The number of halogens is 3. The van der Waals surface area contributed by atoms with E-state index in [1.54, 1.807) is 36.7 Å². The normalized spacial score (nSPS) is 12.4. The average Bonchev–Trinajstić information content (AvgIpc) is 3.00. The quantitative estimate of drug-likeness (QED) is 0.0692. The number of rotatable bonds is 12. The third kappa shape index (κ3) is 12.3. The first-order valence-electron chi connectivity index (χ1n) is 13.7. The van der Waals surface area contributed by atoms with Gasteiger partial charge in [0.15, 0.2) is 5.78 Å². The van der Waals surface area contributed by atoms with Crippen LogP contribution >= 0.6 is 0 Å². The van der Waals surface area contributed by atoms with E-state index in [0.717, 1.165) is 28.7 Å². The Bertz CT molecular complexity index is 1480. The first kappa shape index (κ1) is 36.3. The zero-order valence-electron chi connectivity index (χ0n) is 25.0. The zero-order valence-corrected chi connectivity index (χ0v) is 25.0. The number of benzene rings is 2. The standard InChI is InChI=1S/C30H34N4O4.C2HF3O2/c1-5-7-22(6-2)9-14-26(38-37)17-28(35)24-12-10-23(11-13-24)25-18-31-29(32-19-25)34-30(36)33-27-15-8-20(3)16-21(27)4;3-2(4,5)1(6)7/h5-8,10-13,15-16,18-19,22,26,37H,2,9,14,17H2,1,3-4H3,(H2,31,32,33,34,36);(H,6,7)/b7-5-;. The summed E-state index contributed by atoms with van der Waals surface area (Å²) in [6.45, 7) is 9.67. The lowest BCUT2D eigenvalue weighted by Crippen LogP contribution is -2.21. The average molecular weight is 629 g/mol. The van der Waals surface area contributed by atoms with Crippen LogP contribution in [-0.2, 0) is 9.68 Å². The number of alkyl halides is 3. The number of urea groups is 1. The molecule has 2 unspecified atom stereocenters. The molecule has 2 amide bonds. The molecule has 0 bridgehead atoms. The molecular weight excluding hydrogens is 593 g/mol. The molecule has 0 radical (unpaired) electrons. The van der Waals surface area contributed by atoms with Crippen LogP contribution in [0.15, 0.2) is 79.7 Å². The summed E-state index contributed by atoms with van der Waals surface area (Å²) in [5.41, 5.74) is 4.87. The predicted octanol–water partition coefficient (Wildman–Crippen LogP) is 7.63. The van der Waals surface area contributed by atoms with Gasteiger partial charge in [-0.2, -0.15) is 13.2 Å². The summed E-state index contributed by atoms with van der Waals surface area (Å²) in [7, 11) is 0. The van der Waals surface area contributed by atoms with Crippen LogP contribution < -0.4 is 10.6 Å². The minimum absolute atomic E-state index is 0.0726. The molecule has 2 aromatic carbocycles. The van der Waals surface area contributed by atoms with E-state index >= 15 is 0 Å².